The van der Waals surface area contributed by atoms with E-state index in [2.05, 4.69) is 35.8 Å². The number of carbonyl (C=O) groups excluding carboxylic acids is 1. The second kappa shape index (κ2) is 12.1. The number of carbonyl (C=O) groups is 1. The normalized spacial score (nSPS) is 16.4. The first-order valence-electron chi connectivity index (χ1n) is 14.4. The number of benzene rings is 1. The molecule has 4 N–H and O–H groups in total. The lowest BCUT2D eigenvalue weighted by Crippen LogP contribution is -2.27. The molecule has 0 unspecified atom stereocenters. The van der Waals surface area contributed by atoms with Gasteiger partial charge >= 0.3 is 0 Å². The van der Waals surface area contributed by atoms with E-state index in [0.29, 0.717) is 33.8 Å². The molecule has 41 heavy (non-hydrogen) atoms. The Morgan fingerprint density at radius 3 is 2.68 bits per heavy atom. The maximum atomic E-state index is 15.4. The zero-order chi connectivity index (χ0) is 28.2. The maximum absolute atomic E-state index is 15.4. The Morgan fingerprint density at radius 1 is 1.00 bits per heavy atom. The summed E-state index contributed by atoms with van der Waals surface area (Å²) in [5.74, 6) is -0.0324. The van der Waals surface area contributed by atoms with Crippen LogP contribution in [-0.2, 0) is 4.79 Å². The van der Waals surface area contributed by atoms with E-state index in [1.165, 1.54) is 12.3 Å². The summed E-state index contributed by atoms with van der Waals surface area (Å²) in [4.78, 5) is 39.6. The third-order valence-electron chi connectivity index (χ3n) is 7.93. The fourth-order valence-corrected chi connectivity index (χ4v) is 5.73. The summed E-state index contributed by atoms with van der Waals surface area (Å²) in [7, 11) is 0. The van der Waals surface area contributed by atoms with Gasteiger partial charge in [-0.15, -0.1) is 0 Å². The average molecular weight is 556 g/mol. The Bertz CT molecular complexity index is 1590. The van der Waals surface area contributed by atoms with Crippen LogP contribution in [0.4, 0.5) is 27.3 Å². The Hall–Kier alpha value is -4.31. The first-order valence-corrected chi connectivity index (χ1v) is 14.4. The van der Waals surface area contributed by atoms with Crippen LogP contribution < -0.4 is 26.4 Å². The summed E-state index contributed by atoms with van der Waals surface area (Å²) in [6.07, 6.45) is 9.41. The molecule has 3 aromatic heterocycles. The standard InChI is InChI=1S/C31H34FN7O2/c32-24-17-21(36-30(40)20-5-2-1-3-6-20)7-9-23(24)26-18-27(29-25(37-26)11-13-34-31(29)41)38-28-10-8-22(19-35-28)39-15-4-12-33-14-16-39/h7-11,13,17-20,33H,1-6,12,14-16H2,(H,34,41)(H,36,40)(H,35,37,38). The van der Waals surface area contributed by atoms with Crippen molar-refractivity contribution in [1.82, 2.24) is 20.3 Å². The van der Waals surface area contributed by atoms with Gasteiger partial charge in [0.2, 0.25) is 5.91 Å². The summed E-state index contributed by atoms with van der Waals surface area (Å²) in [6.45, 7) is 3.81. The minimum absolute atomic E-state index is 0.0237. The molecule has 0 bridgehead atoms. The minimum Gasteiger partial charge on any atom is -0.369 e. The summed E-state index contributed by atoms with van der Waals surface area (Å²) in [5, 5.41) is 9.89. The Kier molecular flexibility index (Phi) is 7.91. The van der Waals surface area contributed by atoms with Gasteiger partial charge in [0.15, 0.2) is 0 Å². The van der Waals surface area contributed by atoms with Crippen molar-refractivity contribution in [3.05, 3.63) is 71.0 Å². The summed E-state index contributed by atoms with van der Waals surface area (Å²) < 4.78 is 15.4. The third-order valence-corrected chi connectivity index (χ3v) is 7.93. The largest absolute Gasteiger partial charge is 0.369 e. The van der Waals surface area contributed by atoms with E-state index in [1.807, 2.05) is 18.3 Å². The molecule has 0 spiro atoms. The van der Waals surface area contributed by atoms with Gasteiger partial charge in [0, 0.05) is 43.0 Å². The van der Waals surface area contributed by atoms with E-state index < -0.39 is 5.82 Å². The summed E-state index contributed by atoms with van der Waals surface area (Å²) >= 11 is 0. The van der Waals surface area contributed by atoms with Gasteiger partial charge in [-0.05, 0) is 68.3 Å². The zero-order valence-corrected chi connectivity index (χ0v) is 22.9. The predicted octanol–water partition coefficient (Wildman–Crippen LogP) is 5.19. The molecule has 10 heteroatoms. The number of rotatable bonds is 6. The lowest BCUT2D eigenvalue weighted by Gasteiger charge is -2.22. The highest BCUT2D eigenvalue weighted by Crippen LogP contribution is 2.32. The number of hydrogen-bond acceptors (Lipinski definition) is 7. The van der Waals surface area contributed by atoms with Crippen LogP contribution in [0.2, 0.25) is 0 Å². The van der Waals surface area contributed by atoms with Crippen LogP contribution in [0.25, 0.3) is 22.2 Å². The summed E-state index contributed by atoms with van der Waals surface area (Å²) in [6, 6.07) is 11.9. The number of aromatic amines is 1. The lowest BCUT2D eigenvalue weighted by molar-refractivity contribution is -0.120. The lowest BCUT2D eigenvalue weighted by atomic mass is 9.88. The molecule has 1 amide bonds. The molecule has 1 saturated heterocycles. The van der Waals surface area contributed by atoms with Gasteiger partial charge in [0.1, 0.15) is 11.6 Å². The van der Waals surface area contributed by atoms with E-state index >= 15 is 4.39 Å². The van der Waals surface area contributed by atoms with Crippen molar-refractivity contribution in [2.75, 3.05) is 41.7 Å². The van der Waals surface area contributed by atoms with Crippen molar-refractivity contribution in [2.24, 2.45) is 5.92 Å². The van der Waals surface area contributed by atoms with Crippen LogP contribution in [0, 0.1) is 11.7 Å². The molecular formula is C31H34FN7O2. The number of halogens is 1. The van der Waals surface area contributed by atoms with E-state index in [0.717, 1.165) is 70.4 Å². The predicted molar refractivity (Wildman–Crippen MR) is 160 cm³/mol. The van der Waals surface area contributed by atoms with E-state index in [1.54, 1.807) is 24.3 Å². The Morgan fingerprint density at radius 2 is 1.88 bits per heavy atom. The van der Waals surface area contributed by atoms with E-state index in [9.17, 15) is 9.59 Å². The fourth-order valence-electron chi connectivity index (χ4n) is 5.73. The van der Waals surface area contributed by atoms with Crippen LogP contribution >= 0.6 is 0 Å². The highest BCUT2D eigenvalue weighted by atomic mass is 19.1. The highest BCUT2D eigenvalue weighted by molar-refractivity contribution is 5.95. The van der Waals surface area contributed by atoms with Gasteiger partial charge in [-0.3, -0.25) is 9.59 Å². The first kappa shape index (κ1) is 26.9. The van der Waals surface area contributed by atoms with Gasteiger partial charge in [-0.25, -0.2) is 14.4 Å². The van der Waals surface area contributed by atoms with Crippen LogP contribution in [0.5, 0.6) is 0 Å². The number of nitrogens with zero attached hydrogens (tertiary/aromatic N) is 3. The molecular weight excluding hydrogens is 521 g/mol. The quantitative estimate of drug-likeness (QED) is 0.259. The van der Waals surface area contributed by atoms with Gasteiger partial charge in [-0.1, -0.05) is 19.3 Å². The molecule has 1 aliphatic heterocycles. The van der Waals surface area contributed by atoms with Crippen LogP contribution in [-0.4, -0.2) is 47.0 Å². The second-order valence-electron chi connectivity index (χ2n) is 10.8. The van der Waals surface area contributed by atoms with Crippen molar-refractivity contribution in [3.8, 4) is 11.3 Å². The van der Waals surface area contributed by atoms with Crippen LogP contribution in [0.15, 0.2) is 59.7 Å². The number of aromatic nitrogens is 3. The van der Waals surface area contributed by atoms with Gasteiger partial charge in [0.25, 0.3) is 5.56 Å². The Balaban J connectivity index is 1.27. The number of fused-ring (bicyclic) bond motifs is 1. The zero-order valence-electron chi connectivity index (χ0n) is 22.9. The van der Waals surface area contributed by atoms with Crippen molar-refractivity contribution >= 4 is 39.7 Å². The monoisotopic (exact) mass is 555 g/mol. The highest BCUT2D eigenvalue weighted by Gasteiger charge is 2.22. The molecule has 1 saturated carbocycles. The smallest absolute Gasteiger partial charge is 0.259 e. The summed E-state index contributed by atoms with van der Waals surface area (Å²) in [5.41, 5.74) is 2.68. The average Bonchev–Trinajstić information content (AvgIpc) is 3.28. The van der Waals surface area contributed by atoms with E-state index in [4.69, 9.17) is 0 Å². The molecule has 1 aliphatic carbocycles. The van der Waals surface area contributed by atoms with E-state index in [-0.39, 0.29) is 22.9 Å². The number of nitrogens with one attached hydrogen (secondary N) is 4. The molecule has 6 rings (SSSR count). The molecule has 212 valence electrons. The SMILES string of the molecule is O=C(Nc1ccc(-c2cc(Nc3ccc(N4CCCNCC4)cn3)c3c(=O)[nH]ccc3n2)c(F)c1)C1CCCCC1. The number of amides is 1. The number of H-pyrrole nitrogens is 1. The third kappa shape index (κ3) is 6.07. The first-order chi connectivity index (χ1) is 20.0. The molecule has 2 fully saturated rings. The van der Waals surface area contributed by atoms with Crippen LogP contribution in [0.1, 0.15) is 38.5 Å². The molecule has 9 nitrogen and oxygen atoms in total. The number of hydrogen-bond donors (Lipinski definition) is 4. The topological polar surface area (TPSA) is 115 Å². The van der Waals surface area contributed by atoms with Gasteiger partial charge in [-0.2, -0.15) is 0 Å². The molecule has 4 heterocycles. The van der Waals surface area contributed by atoms with Crippen molar-refractivity contribution in [1.29, 1.82) is 0 Å². The van der Waals surface area contributed by atoms with Crippen LogP contribution in [0.3, 0.4) is 0 Å². The van der Waals surface area contributed by atoms with Gasteiger partial charge < -0.3 is 25.8 Å². The molecule has 4 aromatic rings. The minimum atomic E-state index is -0.511. The van der Waals surface area contributed by atoms with Crippen molar-refractivity contribution < 1.29 is 9.18 Å². The molecule has 0 radical (unpaired) electrons. The molecule has 2 aliphatic rings. The number of anilines is 4. The molecule has 0 atom stereocenters. The van der Waals surface area contributed by atoms with Crippen molar-refractivity contribution in [2.45, 2.75) is 38.5 Å². The maximum Gasteiger partial charge on any atom is 0.259 e. The van der Waals surface area contributed by atoms with Gasteiger partial charge in [0.05, 0.1) is 34.2 Å². The van der Waals surface area contributed by atoms with Crippen molar-refractivity contribution in [3.63, 3.8) is 0 Å². The second-order valence-corrected chi connectivity index (χ2v) is 10.8. The fraction of sp³-hybridized carbons (Fsp3) is 0.355. The number of pyridine rings is 3. The molecule has 1 aromatic carbocycles. The Labute approximate surface area is 237 Å².